The fraction of sp³-hybridized carbons (Fsp3) is 0.154. The molecule has 0 spiro atoms. The minimum atomic E-state index is -3.76. The van der Waals surface area contributed by atoms with Crippen LogP contribution in [0.2, 0.25) is 5.15 Å². The molecule has 0 unspecified atom stereocenters. The summed E-state index contributed by atoms with van der Waals surface area (Å²) < 4.78 is 28.0. The van der Waals surface area contributed by atoms with Crippen LogP contribution in [0.1, 0.15) is 11.1 Å². The summed E-state index contributed by atoms with van der Waals surface area (Å²) in [4.78, 5) is 4.03. The van der Waals surface area contributed by atoms with Crippen molar-refractivity contribution in [1.29, 1.82) is 0 Å². The van der Waals surface area contributed by atoms with Crippen LogP contribution in [-0.4, -0.2) is 13.4 Å². The van der Waals surface area contributed by atoms with Crippen molar-refractivity contribution in [2.45, 2.75) is 18.7 Å². The summed E-state index contributed by atoms with van der Waals surface area (Å²) in [6, 6.07) is 4.77. The van der Waals surface area contributed by atoms with Crippen molar-refractivity contribution in [3.8, 4) is 0 Å². The van der Waals surface area contributed by atoms with Crippen LogP contribution < -0.4 is 10.5 Å². The molecule has 1 aromatic carbocycles. The smallest absolute Gasteiger partial charge is 0.262 e. The van der Waals surface area contributed by atoms with Gasteiger partial charge in [-0.1, -0.05) is 27.5 Å². The molecule has 0 aliphatic rings. The van der Waals surface area contributed by atoms with Crippen LogP contribution in [0.25, 0.3) is 0 Å². The second-order valence-electron chi connectivity index (χ2n) is 4.56. The molecule has 3 N–H and O–H groups in total. The first kappa shape index (κ1) is 16.1. The summed E-state index contributed by atoms with van der Waals surface area (Å²) in [6.45, 7) is 3.40. The SMILES string of the molecule is Cc1cc(NS(=O)(=O)c2cc(Br)cc(N)c2C)cnc1Cl. The van der Waals surface area contributed by atoms with E-state index in [0.717, 1.165) is 0 Å². The van der Waals surface area contributed by atoms with Gasteiger partial charge in [-0.25, -0.2) is 13.4 Å². The van der Waals surface area contributed by atoms with E-state index in [9.17, 15) is 8.42 Å². The number of hydrogen-bond donors (Lipinski definition) is 2. The lowest BCUT2D eigenvalue weighted by molar-refractivity contribution is 0.600. The zero-order chi connectivity index (χ0) is 15.8. The number of nitrogens with zero attached hydrogens (tertiary/aromatic N) is 1. The number of sulfonamides is 1. The number of rotatable bonds is 3. The summed E-state index contributed by atoms with van der Waals surface area (Å²) in [5.74, 6) is 0. The summed E-state index contributed by atoms with van der Waals surface area (Å²) >= 11 is 9.07. The maximum absolute atomic E-state index is 12.5. The van der Waals surface area contributed by atoms with E-state index in [2.05, 4.69) is 25.6 Å². The predicted octanol–water partition coefficient (Wildman–Crippen LogP) is 3.50. The highest BCUT2D eigenvalue weighted by Gasteiger charge is 2.19. The largest absolute Gasteiger partial charge is 0.398 e. The molecular weight excluding hydrogens is 378 g/mol. The molecule has 1 heterocycles. The number of halogens is 2. The minimum absolute atomic E-state index is 0.113. The Morgan fingerprint density at radius 2 is 1.95 bits per heavy atom. The van der Waals surface area contributed by atoms with Crippen molar-refractivity contribution < 1.29 is 8.42 Å². The third-order valence-electron chi connectivity index (χ3n) is 2.92. The first-order valence-corrected chi connectivity index (χ1v) is 8.56. The highest BCUT2D eigenvalue weighted by molar-refractivity contribution is 9.10. The first-order valence-electron chi connectivity index (χ1n) is 5.91. The van der Waals surface area contributed by atoms with Crippen molar-refractivity contribution in [2.75, 3.05) is 10.5 Å². The van der Waals surface area contributed by atoms with Crippen LogP contribution in [-0.2, 0) is 10.0 Å². The Balaban J connectivity index is 2.45. The lowest BCUT2D eigenvalue weighted by Crippen LogP contribution is -2.15. The third-order valence-corrected chi connectivity index (χ3v) is 5.28. The summed E-state index contributed by atoms with van der Waals surface area (Å²) in [6.07, 6.45) is 1.36. The molecule has 0 radical (unpaired) electrons. The third kappa shape index (κ3) is 3.48. The molecule has 5 nitrogen and oxygen atoms in total. The number of nitrogens with two attached hydrogens (primary N) is 1. The van der Waals surface area contributed by atoms with Gasteiger partial charge in [-0.15, -0.1) is 0 Å². The maximum atomic E-state index is 12.5. The summed E-state index contributed by atoms with van der Waals surface area (Å²) in [7, 11) is -3.76. The molecule has 0 amide bonds. The van der Waals surface area contributed by atoms with Gasteiger partial charge in [0.25, 0.3) is 10.0 Å². The Morgan fingerprint density at radius 1 is 1.29 bits per heavy atom. The van der Waals surface area contributed by atoms with Gasteiger partial charge in [-0.3, -0.25) is 4.72 Å². The van der Waals surface area contributed by atoms with E-state index in [1.165, 1.54) is 12.3 Å². The second-order valence-corrected chi connectivity index (χ2v) is 7.48. The molecule has 0 aliphatic heterocycles. The number of nitrogens with one attached hydrogen (secondary N) is 1. The van der Waals surface area contributed by atoms with Crippen LogP contribution in [0, 0.1) is 13.8 Å². The van der Waals surface area contributed by atoms with E-state index in [-0.39, 0.29) is 4.90 Å². The Bertz CT molecular complexity index is 809. The number of benzene rings is 1. The fourth-order valence-electron chi connectivity index (χ4n) is 1.78. The van der Waals surface area contributed by atoms with E-state index in [4.69, 9.17) is 17.3 Å². The van der Waals surface area contributed by atoms with Gasteiger partial charge >= 0.3 is 0 Å². The first-order chi connectivity index (χ1) is 9.70. The number of aromatic nitrogens is 1. The van der Waals surface area contributed by atoms with E-state index >= 15 is 0 Å². The number of anilines is 2. The molecule has 112 valence electrons. The monoisotopic (exact) mass is 389 g/mol. The number of aryl methyl sites for hydroxylation is 1. The summed E-state index contributed by atoms with van der Waals surface area (Å²) in [5, 5.41) is 0.334. The predicted molar refractivity (Wildman–Crippen MR) is 88.1 cm³/mol. The Kier molecular flexibility index (Phi) is 4.46. The topological polar surface area (TPSA) is 85.1 Å². The maximum Gasteiger partial charge on any atom is 0.262 e. The van der Waals surface area contributed by atoms with Gasteiger partial charge in [0.2, 0.25) is 0 Å². The molecule has 2 aromatic rings. The molecule has 0 saturated heterocycles. The Hall–Kier alpha value is -1.31. The zero-order valence-corrected chi connectivity index (χ0v) is 14.5. The zero-order valence-electron chi connectivity index (χ0n) is 11.3. The molecule has 0 fully saturated rings. The molecule has 2 rings (SSSR count). The normalized spacial score (nSPS) is 11.4. The van der Waals surface area contributed by atoms with Crippen molar-refractivity contribution in [2.24, 2.45) is 0 Å². The molecule has 21 heavy (non-hydrogen) atoms. The van der Waals surface area contributed by atoms with Gasteiger partial charge in [0.15, 0.2) is 0 Å². The van der Waals surface area contributed by atoms with Gasteiger partial charge in [-0.05, 0) is 43.2 Å². The fourth-order valence-corrected chi connectivity index (χ4v) is 3.84. The molecule has 1 aromatic heterocycles. The lowest BCUT2D eigenvalue weighted by Gasteiger charge is -2.13. The highest BCUT2D eigenvalue weighted by atomic mass is 79.9. The number of hydrogen-bond acceptors (Lipinski definition) is 4. The van der Waals surface area contributed by atoms with E-state index in [1.54, 1.807) is 26.0 Å². The van der Waals surface area contributed by atoms with Gasteiger partial charge in [0, 0.05) is 10.2 Å². The average molecular weight is 391 g/mol. The second kappa shape index (κ2) is 5.82. The summed E-state index contributed by atoms with van der Waals surface area (Å²) in [5.41, 5.74) is 7.72. The lowest BCUT2D eigenvalue weighted by atomic mass is 10.2. The molecule has 8 heteroatoms. The van der Waals surface area contributed by atoms with Crippen molar-refractivity contribution in [1.82, 2.24) is 4.98 Å². The quantitative estimate of drug-likeness (QED) is 0.620. The number of pyridine rings is 1. The molecule has 0 saturated carbocycles. The van der Waals surface area contributed by atoms with Gasteiger partial charge in [0.1, 0.15) is 5.15 Å². The molecule has 0 aliphatic carbocycles. The van der Waals surface area contributed by atoms with Gasteiger partial charge in [-0.2, -0.15) is 0 Å². The van der Waals surface area contributed by atoms with Crippen molar-refractivity contribution in [3.05, 3.63) is 45.1 Å². The van der Waals surface area contributed by atoms with Crippen molar-refractivity contribution in [3.63, 3.8) is 0 Å². The van der Waals surface area contributed by atoms with Crippen LogP contribution in [0.15, 0.2) is 33.8 Å². The Morgan fingerprint density at radius 3 is 2.57 bits per heavy atom. The van der Waals surface area contributed by atoms with Crippen LogP contribution in [0.4, 0.5) is 11.4 Å². The van der Waals surface area contributed by atoms with E-state index in [0.29, 0.717) is 32.1 Å². The van der Waals surface area contributed by atoms with Crippen LogP contribution >= 0.6 is 27.5 Å². The van der Waals surface area contributed by atoms with Crippen LogP contribution in [0.5, 0.6) is 0 Å². The minimum Gasteiger partial charge on any atom is -0.398 e. The molecular formula is C13H13BrClN3O2S. The van der Waals surface area contributed by atoms with Crippen LogP contribution in [0.3, 0.4) is 0 Å². The van der Waals surface area contributed by atoms with Gasteiger partial charge < -0.3 is 5.73 Å². The van der Waals surface area contributed by atoms with E-state index < -0.39 is 10.0 Å². The molecule has 0 atom stereocenters. The van der Waals surface area contributed by atoms with E-state index in [1.807, 2.05) is 0 Å². The standard InChI is InChI=1S/C13H13BrClN3O2S/c1-7-3-10(6-17-13(7)15)18-21(19,20)12-5-9(14)4-11(16)8(12)2/h3-6,18H,16H2,1-2H3. The van der Waals surface area contributed by atoms with Gasteiger partial charge in [0.05, 0.1) is 16.8 Å². The number of nitrogen functional groups attached to an aromatic ring is 1. The highest BCUT2D eigenvalue weighted by Crippen LogP contribution is 2.28. The Labute approximate surface area is 136 Å². The average Bonchev–Trinajstić information content (AvgIpc) is 2.37. The van der Waals surface area contributed by atoms with Crippen molar-refractivity contribution >= 4 is 48.9 Å². The molecule has 0 bridgehead atoms.